The number of urea groups is 1. The van der Waals surface area contributed by atoms with Crippen LogP contribution in [-0.4, -0.2) is 33.6 Å². The zero-order valence-electron chi connectivity index (χ0n) is 11.7. The van der Waals surface area contributed by atoms with Gasteiger partial charge in [-0.05, 0) is 19.4 Å². The summed E-state index contributed by atoms with van der Waals surface area (Å²) in [6, 6.07) is 1.31. The molecule has 0 bridgehead atoms. The molecule has 1 aromatic rings. The van der Waals surface area contributed by atoms with Gasteiger partial charge in [-0.15, -0.1) is 0 Å². The standard InChI is InChI=1S/C13H20N4O3/c1-3-4-10(12(18)19)7-15-13(20)16-8-11-5-6-14-9(2)17-11/h5-6,10H,3-4,7-8H2,1-2H3,(H,18,19)(H2,15,16,20). The van der Waals surface area contributed by atoms with Crippen LogP contribution < -0.4 is 10.6 Å². The van der Waals surface area contributed by atoms with Crippen molar-refractivity contribution in [3.63, 3.8) is 0 Å². The predicted molar refractivity (Wildman–Crippen MR) is 73.0 cm³/mol. The van der Waals surface area contributed by atoms with Crippen molar-refractivity contribution in [2.24, 2.45) is 5.92 Å². The van der Waals surface area contributed by atoms with Crippen molar-refractivity contribution in [1.29, 1.82) is 0 Å². The first kappa shape index (κ1) is 15.9. The maximum atomic E-state index is 11.6. The summed E-state index contributed by atoms with van der Waals surface area (Å²) in [5, 5.41) is 14.2. The van der Waals surface area contributed by atoms with Crippen molar-refractivity contribution in [3.8, 4) is 0 Å². The van der Waals surface area contributed by atoms with Gasteiger partial charge >= 0.3 is 12.0 Å². The molecule has 0 fully saturated rings. The molecule has 1 aromatic heterocycles. The predicted octanol–water partition coefficient (Wildman–Crippen LogP) is 1.09. The molecule has 0 aliphatic carbocycles. The Kier molecular flexibility index (Phi) is 6.42. The van der Waals surface area contributed by atoms with Crippen LogP contribution in [0.15, 0.2) is 12.3 Å². The number of carbonyl (C=O) groups excluding carboxylic acids is 1. The molecule has 110 valence electrons. The molecule has 7 nitrogen and oxygen atoms in total. The van der Waals surface area contributed by atoms with E-state index >= 15 is 0 Å². The molecule has 1 atom stereocenters. The molecule has 0 spiro atoms. The Labute approximate surface area is 117 Å². The zero-order valence-corrected chi connectivity index (χ0v) is 11.7. The number of nitrogens with one attached hydrogen (secondary N) is 2. The average Bonchev–Trinajstić information content (AvgIpc) is 2.41. The van der Waals surface area contributed by atoms with Crippen LogP contribution in [0.4, 0.5) is 4.79 Å². The molecule has 3 N–H and O–H groups in total. The summed E-state index contributed by atoms with van der Waals surface area (Å²) in [5.41, 5.74) is 0.705. The first-order valence-electron chi connectivity index (χ1n) is 6.56. The number of amides is 2. The Hall–Kier alpha value is -2.18. The third-order valence-corrected chi connectivity index (χ3v) is 2.76. The van der Waals surface area contributed by atoms with Crippen LogP contribution in [0.5, 0.6) is 0 Å². The number of carboxylic acid groups (broad SMARTS) is 1. The Balaban J connectivity index is 2.34. The van der Waals surface area contributed by atoms with Gasteiger partial charge in [-0.25, -0.2) is 14.8 Å². The first-order chi connectivity index (χ1) is 9.52. The van der Waals surface area contributed by atoms with Crippen LogP contribution in [0.1, 0.15) is 31.3 Å². The van der Waals surface area contributed by atoms with E-state index in [0.717, 1.165) is 6.42 Å². The van der Waals surface area contributed by atoms with Gasteiger partial charge in [-0.2, -0.15) is 0 Å². The number of hydrogen-bond acceptors (Lipinski definition) is 4. The Morgan fingerprint density at radius 1 is 1.40 bits per heavy atom. The number of carboxylic acids is 1. The second-order valence-corrected chi connectivity index (χ2v) is 4.48. The maximum Gasteiger partial charge on any atom is 0.315 e. The van der Waals surface area contributed by atoms with Crippen LogP contribution >= 0.6 is 0 Å². The maximum absolute atomic E-state index is 11.6. The van der Waals surface area contributed by atoms with E-state index < -0.39 is 17.9 Å². The molecule has 0 aliphatic rings. The normalized spacial score (nSPS) is 11.7. The van der Waals surface area contributed by atoms with Crippen LogP contribution in [0.25, 0.3) is 0 Å². The van der Waals surface area contributed by atoms with Gasteiger partial charge in [0.1, 0.15) is 5.82 Å². The van der Waals surface area contributed by atoms with Crippen molar-refractivity contribution in [2.45, 2.75) is 33.2 Å². The number of aromatic nitrogens is 2. The second-order valence-electron chi connectivity index (χ2n) is 4.48. The van der Waals surface area contributed by atoms with E-state index in [-0.39, 0.29) is 13.1 Å². The van der Waals surface area contributed by atoms with Crippen molar-refractivity contribution in [3.05, 3.63) is 23.8 Å². The van der Waals surface area contributed by atoms with Gasteiger partial charge in [0.15, 0.2) is 0 Å². The Morgan fingerprint density at radius 2 is 2.15 bits per heavy atom. The molecule has 1 rings (SSSR count). The van der Waals surface area contributed by atoms with Crippen LogP contribution in [0, 0.1) is 12.8 Å². The number of aryl methyl sites for hydroxylation is 1. The molecule has 2 amide bonds. The smallest absolute Gasteiger partial charge is 0.315 e. The van der Waals surface area contributed by atoms with Gasteiger partial charge in [0.05, 0.1) is 18.2 Å². The number of nitrogens with zero attached hydrogens (tertiary/aromatic N) is 2. The fourth-order valence-electron chi connectivity index (χ4n) is 1.71. The third kappa shape index (κ3) is 5.64. The van der Waals surface area contributed by atoms with Crippen molar-refractivity contribution >= 4 is 12.0 Å². The molecule has 1 unspecified atom stereocenters. The van der Waals surface area contributed by atoms with E-state index in [1.54, 1.807) is 19.2 Å². The van der Waals surface area contributed by atoms with Crippen molar-refractivity contribution in [2.75, 3.05) is 6.54 Å². The van der Waals surface area contributed by atoms with E-state index in [0.29, 0.717) is 17.9 Å². The SMILES string of the molecule is CCCC(CNC(=O)NCc1ccnc(C)n1)C(=O)O. The quantitative estimate of drug-likeness (QED) is 0.693. The van der Waals surface area contributed by atoms with E-state index in [1.807, 2.05) is 6.92 Å². The van der Waals surface area contributed by atoms with Gasteiger partial charge in [0, 0.05) is 12.7 Å². The summed E-state index contributed by atoms with van der Waals surface area (Å²) >= 11 is 0. The lowest BCUT2D eigenvalue weighted by molar-refractivity contribution is -0.141. The van der Waals surface area contributed by atoms with Crippen molar-refractivity contribution in [1.82, 2.24) is 20.6 Å². The summed E-state index contributed by atoms with van der Waals surface area (Å²) in [5.74, 6) is -0.802. The van der Waals surface area contributed by atoms with Gasteiger partial charge in [0.2, 0.25) is 0 Å². The minimum atomic E-state index is -0.890. The van der Waals surface area contributed by atoms with Crippen molar-refractivity contribution < 1.29 is 14.7 Å². The number of rotatable bonds is 7. The number of aliphatic carboxylic acids is 1. The lowest BCUT2D eigenvalue weighted by atomic mass is 10.0. The van der Waals surface area contributed by atoms with E-state index in [1.165, 1.54) is 0 Å². The molecule has 0 aliphatic heterocycles. The summed E-state index contributed by atoms with van der Waals surface area (Å²) in [6.45, 7) is 4.08. The van der Waals surface area contributed by atoms with Crippen LogP contribution in [0.3, 0.4) is 0 Å². The largest absolute Gasteiger partial charge is 0.481 e. The molecule has 0 saturated heterocycles. The highest BCUT2D eigenvalue weighted by atomic mass is 16.4. The first-order valence-corrected chi connectivity index (χ1v) is 6.56. The summed E-state index contributed by atoms with van der Waals surface area (Å²) in [6.07, 6.45) is 2.93. The Morgan fingerprint density at radius 3 is 2.75 bits per heavy atom. The molecule has 0 saturated carbocycles. The molecule has 1 heterocycles. The minimum Gasteiger partial charge on any atom is -0.481 e. The zero-order chi connectivity index (χ0) is 15.0. The van der Waals surface area contributed by atoms with E-state index in [2.05, 4.69) is 20.6 Å². The van der Waals surface area contributed by atoms with Gasteiger partial charge in [0.25, 0.3) is 0 Å². The lowest BCUT2D eigenvalue weighted by Crippen LogP contribution is -2.39. The monoisotopic (exact) mass is 280 g/mol. The third-order valence-electron chi connectivity index (χ3n) is 2.76. The van der Waals surface area contributed by atoms with Crippen LogP contribution in [-0.2, 0) is 11.3 Å². The molecular weight excluding hydrogens is 260 g/mol. The highest BCUT2D eigenvalue weighted by Gasteiger charge is 2.16. The summed E-state index contributed by atoms with van der Waals surface area (Å²) in [7, 11) is 0. The molecule has 0 radical (unpaired) electrons. The van der Waals surface area contributed by atoms with Gasteiger partial charge < -0.3 is 15.7 Å². The minimum absolute atomic E-state index is 0.123. The summed E-state index contributed by atoms with van der Waals surface area (Å²) in [4.78, 5) is 30.6. The number of hydrogen-bond donors (Lipinski definition) is 3. The Bertz CT molecular complexity index is 465. The molecule has 0 aromatic carbocycles. The van der Waals surface area contributed by atoms with E-state index in [4.69, 9.17) is 5.11 Å². The fraction of sp³-hybridized carbons (Fsp3) is 0.538. The molecule has 20 heavy (non-hydrogen) atoms. The molecular formula is C13H20N4O3. The topological polar surface area (TPSA) is 104 Å². The molecule has 7 heteroatoms. The highest BCUT2D eigenvalue weighted by Crippen LogP contribution is 2.04. The highest BCUT2D eigenvalue weighted by molar-refractivity contribution is 5.75. The van der Waals surface area contributed by atoms with Gasteiger partial charge in [-0.3, -0.25) is 4.79 Å². The number of carbonyl (C=O) groups is 2. The van der Waals surface area contributed by atoms with Crippen LogP contribution in [0.2, 0.25) is 0 Å². The average molecular weight is 280 g/mol. The van der Waals surface area contributed by atoms with E-state index in [9.17, 15) is 9.59 Å². The van der Waals surface area contributed by atoms with Gasteiger partial charge in [-0.1, -0.05) is 13.3 Å². The summed E-state index contributed by atoms with van der Waals surface area (Å²) < 4.78 is 0. The lowest BCUT2D eigenvalue weighted by Gasteiger charge is -2.13. The fourth-order valence-corrected chi connectivity index (χ4v) is 1.71. The second kappa shape index (κ2) is 8.08.